The number of carboxylic acid groups (broad SMARTS) is 1. The zero-order valence-corrected chi connectivity index (χ0v) is 11.9. The van der Waals surface area contributed by atoms with E-state index in [1.807, 2.05) is 20.8 Å². The lowest BCUT2D eigenvalue weighted by Crippen LogP contribution is -2.30. The molecule has 0 fully saturated rings. The second kappa shape index (κ2) is 6.51. The topological polar surface area (TPSA) is 111 Å². The number of nitrogens with one attached hydrogen (secondary N) is 1. The molecule has 2 N–H and O–H groups in total. The minimum absolute atomic E-state index is 0.100. The SMILES string of the molecule is CC(C)(C)c1nc(C(NCCN=[N+]=[N-])C(=O)O)cs1. The fourth-order valence-corrected chi connectivity index (χ4v) is 2.32. The number of nitrogens with zero attached hydrogens (tertiary/aromatic N) is 4. The Balaban J connectivity index is 2.79. The Labute approximate surface area is 115 Å². The molecule has 0 aliphatic heterocycles. The second-order valence-corrected chi connectivity index (χ2v) is 5.87. The first kappa shape index (κ1) is 15.4. The number of hydrogen-bond acceptors (Lipinski definition) is 5. The summed E-state index contributed by atoms with van der Waals surface area (Å²) in [4.78, 5) is 18.2. The Morgan fingerprint density at radius 2 is 2.37 bits per heavy atom. The van der Waals surface area contributed by atoms with Gasteiger partial charge in [-0.05, 0) is 5.53 Å². The van der Waals surface area contributed by atoms with Gasteiger partial charge in [0.15, 0.2) is 0 Å². The highest BCUT2D eigenvalue weighted by atomic mass is 32.1. The van der Waals surface area contributed by atoms with Crippen LogP contribution < -0.4 is 5.32 Å². The third-order valence-corrected chi connectivity index (χ3v) is 3.62. The van der Waals surface area contributed by atoms with Crippen LogP contribution in [0.2, 0.25) is 0 Å². The second-order valence-electron chi connectivity index (χ2n) is 5.01. The van der Waals surface area contributed by atoms with E-state index in [0.717, 1.165) is 5.01 Å². The molecule has 8 heteroatoms. The zero-order chi connectivity index (χ0) is 14.5. The number of carbonyl (C=O) groups is 1. The number of rotatable bonds is 6. The average molecular weight is 283 g/mol. The number of azide groups is 1. The molecular formula is C11H17N5O2S. The normalized spacial score (nSPS) is 12.8. The van der Waals surface area contributed by atoms with E-state index in [2.05, 4.69) is 20.3 Å². The van der Waals surface area contributed by atoms with Crippen molar-refractivity contribution in [3.05, 3.63) is 26.5 Å². The van der Waals surface area contributed by atoms with Crippen LogP contribution in [0, 0.1) is 0 Å². The Kier molecular flexibility index (Phi) is 5.29. The van der Waals surface area contributed by atoms with Crippen molar-refractivity contribution in [2.24, 2.45) is 5.11 Å². The van der Waals surface area contributed by atoms with E-state index in [1.54, 1.807) is 5.38 Å². The summed E-state index contributed by atoms with van der Waals surface area (Å²) in [6.07, 6.45) is 0. The Hall–Kier alpha value is -1.63. The van der Waals surface area contributed by atoms with Crippen LogP contribution in [0.1, 0.15) is 37.5 Å². The zero-order valence-electron chi connectivity index (χ0n) is 11.1. The molecule has 0 aliphatic rings. The number of carboxylic acids is 1. The van der Waals surface area contributed by atoms with E-state index in [1.165, 1.54) is 11.3 Å². The van der Waals surface area contributed by atoms with Crippen molar-refractivity contribution in [3.63, 3.8) is 0 Å². The maximum absolute atomic E-state index is 11.2. The van der Waals surface area contributed by atoms with Crippen molar-refractivity contribution in [3.8, 4) is 0 Å². The summed E-state index contributed by atoms with van der Waals surface area (Å²) in [5, 5.41) is 18.0. The van der Waals surface area contributed by atoms with Gasteiger partial charge in [0.2, 0.25) is 0 Å². The van der Waals surface area contributed by atoms with E-state index in [0.29, 0.717) is 12.2 Å². The van der Waals surface area contributed by atoms with Crippen LogP contribution in [-0.4, -0.2) is 29.1 Å². The number of aliphatic carboxylic acids is 1. The van der Waals surface area contributed by atoms with Gasteiger partial charge in [0.25, 0.3) is 0 Å². The van der Waals surface area contributed by atoms with Crippen molar-refractivity contribution >= 4 is 17.3 Å². The van der Waals surface area contributed by atoms with Gasteiger partial charge in [-0.15, -0.1) is 11.3 Å². The molecule has 0 spiro atoms. The molecule has 19 heavy (non-hydrogen) atoms. The molecule has 1 atom stereocenters. The smallest absolute Gasteiger partial charge is 0.327 e. The fourth-order valence-electron chi connectivity index (χ4n) is 1.39. The minimum Gasteiger partial charge on any atom is -0.480 e. The van der Waals surface area contributed by atoms with Crippen LogP contribution in [0.3, 0.4) is 0 Å². The molecule has 1 aromatic rings. The quantitative estimate of drug-likeness (QED) is 0.361. The van der Waals surface area contributed by atoms with Gasteiger partial charge < -0.3 is 5.11 Å². The number of thiazole rings is 1. The molecule has 0 bridgehead atoms. The predicted octanol–water partition coefficient (Wildman–Crippen LogP) is 2.47. The summed E-state index contributed by atoms with van der Waals surface area (Å²) in [5.41, 5.74) is 8.54. The molecule has 0 saturated carbocycles. The van der Waals surface area contributed by atoms with Gasteiger partial charge in [0.1, 0.15) is 6.04 Å². The summed E-state index contributed by atoms with van der Waals surface area (Å²) in [5.74, 6) is -0.994. The Morgan fingerprint density at radius 1 is 1.68 bits per heavy atom. The minimum atomic E-state index is -0.994. The van der Waals surface area contributed by atoms with Gasteiger partial charge >= 0.3 is 5.97 Å². The van der Waals surface area contributed by atoms with Crippen LogP contribution in [0.25, 0.3) is 10.4 Å². The van der Waals surface area contributed by atoms with E-state index in [4.69, 9.17) is 5.53 Å². The third kappa shape index (κ3) is 4.51. The molecular weight excluding hydrogens is 266 g/mol. The lowest BCUT2D eigenvalue weighted by Gasteiger charge is -2.15. The highest BCUT2D eigenvalue weighted by Gasteiger charge is 2.25. The van der Waals surface area contributed by atoms with Crippen LogP contribution in [0.4, 0.5) is 0 Å². The standard InChI is InChI=1S/C11H17N5O2S/c1-11(2,3)10-15-7(6-19-10)8(9(17)18)13-4-5-14-16-12/h6,8,13H,4-5H2,1-3H3,(H,17,18). The Morgan fingerprint density at radius 3 is 2.84 bits per heavy atom. The molecule has 1 unspecified atom stereocenters. The first-order valence-electron chi connectivity index (χ1n) is 5.79. The monoisotopic (exact) mass is 283 g/mol. The van der Waals surface area contributed by atoms with Crippen molar-refractivity contribution in [2.45, 2.75) is 32.2 Å². The van der Waals surface area contributed by atoms with E-state index in [9.17, 15) is 9.90 Å². The largest absolute Gasteiger partial charge is 0.480 e. The maximum Gasteiger partial charge on any atom is 0.327 e. The van der Waals surface area contributed by atoms with Crippen molar-refractivity contribution in [1.82, 2.24) is 10.3 Å². The van der Waals surface area contributed by atoms with E-state index >= 15 is 0 Å². The van der Waals surface area contributed by atoms with E-state index < -0.39 is 12.0 Å². The molecule has 1 heterocycles. The van der Waals surface area contributed by atoms with Crippen molar-refractivity contribution in [1.29, 1.82) is 0 Å². The highest BCUT2D eigenvalue weighted by Crippen LogP contribution is 2.27. The van der Waals surface area contributed by atoms with Crippen LogP contribution in [0.15, 0.2) is 10.5 Å². The Bertz CT molecular complexity index is 488. The summed E-state index contributed by atoms with van der Waals surface area (Å²) in [6, 6.07) is -0.874. The number of hydrogen-bond donors (Lipinski definition) is 2. The van der Waals surface area contributed by atoms with Gasteiger partial charge in [0, 0.05) is 28.8 Å². The van der Waals surface area contributed by atoms with Gasteiger partial charge in [0.05, 0.1) is 10.7 Å². The summed E-state index contributed by atoms with van der Waals surface area (Å²) in [7, 11) is 0. The van der Waals surface area contributed by atoms with Crippen LogP contribution >= 0.6 is 11.3 Å². The molecule has 0 aromatic carbocycles. The van der Waals surface area contributed by atoms with Crippen LogP contribution in [-0.2, 0) is 10.2 Å². The van der Waals surface area contributed by atoms with Crippen LogP contribution in [0.5, 0.6) is 0 Å². The lowest BCUT2D eigenvalue weighted by atomic mass is 9.98. The van der Waals surface area contributed by atoms with Gasteiger partial charge in [-0.1, -0.05) is 25.9 Å². The molecule has 104 valence electrons. The molecule has 0 saturated heterocycles. The van der Waals surface area contributed by atoms with Crippen molar-refractivity contribution < 1.29 is 9.90 Å². The van der Waals surface area contributed by atoms with Crippen molar-refractivity contribution in [2.75, 3.05) is 13.1 Å². The predicted molar refractivity (Wildman–Crippen MR) is 73.2 cm³/mol. The molecule has 0 amide bonds. The lowest BCUT2D eigenvalue weighted by molar-refractivity contribution is -0.139. The van der Waals surface area contributed by atoms with Gasteiger partial charge in [-0.2, -0.15) is 0 Å². The van der Waals surface area contributed by atoms with E-state index in [-0.39, 0.29) is 12.0 Å². The van der Waals surface area contributed by atoms with Gasteiger partial charge in [-0.3, -0.25) is 10.1 Å². The van der Waals surface area contributed by atoms with Gasteiger partial charge in [-0.25, -0.2) is 4.98 Å². The maximum atomic E-state index is 11.2. The molecule has 7 nitrogen and oxygen atoms in total. The average Bonchev–Trinajstić information content (AvgIpc) is 2.77. The third-order valence-electron chi connectivity index (χ3n) is 2.33. The molecule has 1 rings (SSSR count). The summed E-state index contributed by atoms with van der Waals surface area (Å²) >= 11 is 1.45. The molecule has 0 radical (unpaired) electrons. The summed E-state index contributed by atoms with van der Waals surface area (Å²) < 4.78 is 0. The fraction of sp³-hybridized carbons (Fsp3) is 0.636. The summed E-state index contributed by atoms with van der Waals surface area (Å²) in [6.45, 7) is 6.58. The molecule has 0 aliphatic carbocycles. The molecule has 1 aromatic heterocycles. The first-order chi connectivity index (χ1) is 8.86. The first-order valence-corrected chi connectivity index (χ1v) is 6.67. The highest BCUT2D eigenvalue weighted by molar-refractivity contribution is 7.09. The number of aromatic nitrogens is 1.